The monoisotopic (exact) mass is 300 g/mol. The molecule has 0 radical (unpaired) electrons. The zero-order valence-electron chi connectivity index (χ0n) is 12.5. The number of aryl methyl sites for hydroxylation is 2. The third-order valence-electron chi connectivity index (χ3n) is 3.70. The van der Waals surface area contributed by atoms with Crippen LogP contribution in [0.1, 0.15) is 35.9 Å². The fourth-order valence-electron chi connectivity index (χ4n) is 2.60. The van der Waals surface area contributed by atoms with Gasteiger partial charge in [-0.2, -0.15) is 5.10 Å². The molecule has 0 bridgehead atoms. The Kier molecular flexibility index (Phi) is 4.03. The number of rotatable bonds is 5. The van der Waals surface area contributed by atoms with Gasteiger partial charge in [0.15, 0.2) is 5.82 Å². The molecule has 0 fully saturated rings. The van der Waals surface area contributed by atoms with Crippen LogP contribution in [0.15, 0.2) is 24.3 Å². The highest BCUT2D eigenvalue weighted by molar-refractivity contribution is 7.19. The number of thiophene rings is 1. The molecule has 2 heterocycles. The molecule has 0 aliphatic heterocycles. The standard InChI is InChI=1S/C16H20N4S/c1-3-15-18-16(4-2)20(19-15)10-12-11-7-5-6-8-13(11)21-14(12)9-17/h5-8H,3-4,9-10,17H2,1-2H3. The van der Waals surface area contributed by atoms with E-state index in [0.29, 0.717) is 6.54 Å². The van der Waals surface area contributed by atoms with Crippen LogP contribution < -0.4 is 5.73 Å². The number of fused-ring (bicyclic) bond motifs is 1. The molecule has 3 rings (SSSR count). The van der Waals surface area contributed by atoms with E-state index in [2.05, 4.69) is 48.2 Å². The summed E-state index contributed by atoms with van der Waals surface area (Å²) in [7, 11) is 0. The number of nitrogens with zero attached hydrogens (tertiary/aromatic N) is 3. The zero-order chi connectivity index (χ0) is 14.8. The summed E-state index contributed by atoms with van der Waals surface area (Å²) < 4.78 is 3.33. The van der Waals surface area contributed by atoms with Gasteiger partial charge in [-0.05, 0) is 17.0 Å². The van der Waals surface area contributed by atoms with Crippen molar-refractivity contribution >= 4 is 21.4 Å². The maximum atomic E-state index is 5.94. The van der Waals surface area contributed by atoms with Gasteiger partial charge in [-0.15, -0.1) is 11.3 Å². The van der Waals surface area contributed by atoms with Gasteiger partial charge in [0, 0.05) is 29.0 Å². The van der Waals surface area contributed by atoms with Gasteiger partial charge in [0.25, 0.3) is 0 Å². The van der Waals surface area contributed by atoms with E-state index in [4.69, 9.17) is 5.73 Å². The highest BCUT2D eigenvalue weighted by Crippen LogP contribution is 2.31. The Bertz CT molecular complexity index is 757. The van der Waals surface area contributed by atoms with E-state index in [1.165, 1.54) is 20.5 Å². The van der Waals surface area contributed by atoms with Crippen molar-refractivity contribution in [2.24, 2.45) is 5.73 Å². The summed E-state index contributed by atoms with van der Waals surface area (Å²) in [5.74, 6) is 1.96. The van der Waals surface area contributed by atoms with E-state index < -0.39 is 0 Å². The van der Waals surface area contributed by atoms with Gasteiger partial charge in [-0.25, -0.2) is 9.67 Å². The Morgan fingerprint density at radius 1 is 1.19 bits per heavy atom. The third kappa shape index (κ3) is 2.59. The molecular weight excluding hydrogens is 280 g/mol. The molecule has 5 heteroatoms. The molecule has 0 unspecified atom stereocenters. The number of hydrogen-bond acceptors (Lipinski definition) is 4. The SMILES string of the molecule is CCc1nc(CC)n(Cc2c(CN)sc3ccccc23)n1. The van der Waals surface area contributed by atoms with Crippen molar-refractivity contribution in [3.8, 4) is 0 Å². The second kappa shape index (κ2) is 5.95. The second-order valence-electron chi connectivity index (χ2n) is 5.01. The first-order valence-corrected chi connectivity index (χ1v) is 8.20. The van der Waals surface area contributed by atoms with E-state index >= 15 is 0 Å². The minimum absolute atomic E-state index is 0.575. The number of benzene rings is 1. The van der Waals surface area contributed by atoms with Gasteiger partial charge in [0.2, 0.25) is 0 Å². The highest BCUT2D eigenvalue weighted by Gasteiger charge is 2.14. The largest absolute Gasteiger partial charge is 0.326 e. The Morgan fingerprint density at radius 3 is 2.71 bits per heavy atom. The summed E-state index contributed by atoms with van der Waals surface area (Å²) in [6.45, 7) is 5.54. The normalized spacial score (nSPS) is 11.4. The molecular formula is C16H20N4S. The Hall–Kier alpha value is -1.72. The molecule has 2 N–H and O–H groups in total. The molecule has 0 aliphatic carbocycles. The quantitative estimate of drug-likeness (QED) is 0.787. The van der Waals surface area contributed by atoms with Crippen molar-refractivity contribution in [3.63, 3.8) is 0 Å². The zero-order valence-corrected chi connectivity index (χ0v) is 13.3. The maximum Gasteiger partial charge on any atom is 0.150 e. The molecule has 0 atom stereocenters. The van der Waals surface area contributed by atoms with Crippen LogP contribution in [0.3, 0.4) is 0 Å². The van der Waals surface area contributed by atoms with Crippen LogP contribution >= 0.6 is 11.3 Å². The first kappa shape index (κ1) is 14.2. The second-order valence-corrected chi connectivity index (χ2v) is 6.15. The molecule has 0 saturated carbocycles. The van der Waals surface area contributed by atoms with Crippen LogP contribution in [0.4, 0.5) is 0 Å². The predicted molar refractivity (Wildman–Crippen MR) is 87.6 cm³/mol. The summed E-state index contributed by atoms with van der Waals surface area (Å²) in [5.41, 5.74) is 7.23. The van der Waals surface area contributed by atoms with Crippen molar-refractivity contribution in [2.45, 2.75) is 39.8 Å². The molecule has 0 spiro atoms. The van der Waals surface area contributed by atoms with Crippen LogP contribution in [0.25, 0.3) is 10.1 Å². The molecule has 21 heavy (non-hydrogen) atoms. The van der Waals surface area contributed by atoms with E-state index in [-0.39, 0.29) is 0 Å². The van der Waals surface area contributed by atoms with Gasteiger partial charge < -0.3 is 5.73 Å². The maximum absolute atomic E-state index is 5.94. The predicted octanol–water partition coefficient (Wildman–Crippen LogP) is 3.12. The first-order valence-electron chi connectivity index (χ1n) is 7.38. The summed E-state index contributed by atoms with van der Waals surface area (Å²) in [4.78, 5) is 5.83. The lowest BCUT2D eigenvalue weighted by atomic mass is 10.1. The van der Waals surface area contributed by atoms with Gasteiger partial charge >= 0.3 is 0 Å². The molecule has 0 aliphatic rings. The van der Waals surface area contributed by atoms with E-state index in [1.54, 1.807) is 11.3 Å². The topological polar surface area (TPSA) is 56.7 Å². The van der Waals surface area contributed by atoms with E-state index in [9.17, 15) is 0 Å². The summed E-state index contributed by atoms with van der Waals surface area (Å²) in [6, 6.07) is 8.48. The van der Waals surface area contributed by atoms with Crippen molar-refractivity contribution in [1.29, 1.82) is 0 Å². The molecule has 4 nitrogen and oxygen atoms in total. The van der Waals surface area contributed by atoms with E-state index in [1.807, 2.05) is 4.68 Å². The average Bonchev–Trinajstić information content (AvgIpc) is 3.09. The summed E-state index contributed by atoms with van der Waals surface area (Å²) >= 11 is 1.78. The molecule has 110 valence electrons. The lowest BCUT2D eigenvalue weighted by molar-refractivity contribution is 0.637. The third-order valence-corrected chi connectivity index (χ3v) is 4.94. The highest BCUT2D eigenvalue weighted by atomic mass is 32.1. The molecule has 0 amide bonds. The molecule has 0 saturated heterocycles. The summed E-state index contributed by atoms with van der Waals surface area (Å²) in [6.07, 6.45) is 1.77. The Morgan fingerprint density at radius 2 is 2.00 bits per heavy atom. The van der Waals surface area contributed by atoms with Gasteiger partial charge in [0.1, 0.15) is 5.82 Å². The van der Waals surface area contributed by atoms with Gasteiger partial charge in [-0.1, -0.05) is 32.0 Å². The molecule has 3 aromatic rings. The minimum Gasteiger partial charge on any atom is -0.326 e. The number of nitrogens with two attached hydrogens (primary N) is 1. The van der Waals surface area contributed by atoms with Crippen LogP contribution in [0, 0.1) is 0 Å². The lowest BCUT2D eigenvalue weighted by Gasteiger charge is -2.06. The van der Waals surface area contributed by atoms with Crippen LogP contribution in [-0.4, -0.2) is 14.8 Å². The Labute approximate surface area is 128 Å². The van der Waals surface area contributed by atoms with E-state index in [0.717, 1.165) is 31.0 Å². The minimum atomic E-state index is 0.575. The Balaban J connectivity index is 2.07. The fourth-order valence-corrected chi connectivity index (χ4v) is 3.70. The van der Waals surface area contributed by atoms with Crippen LogP contribution in [0.2, 0.25) is 0 Å². The first-order chi connectivity index (χ1) is 10.3. The van der Waals surface area contributed by atoms with Gasteiger partial charge in [0.05, 0.1) is 6.54 Å². The average molecular weight is 300 g/mol. The molecule has 1 aromatic carbocycles. The van der Waals surface area contributed by atoms with Crippen molar-refractivity contribution in [3.05, 3.63) is 46.4 Å². The van der Waals surface area contributed by atoms with Crippen LogP contribution in [-0.2, 0) is 25.9 Å². The van der Waals surface area contributed by atoms with Crippen molar-refractivity contribution < 1.29 is 0 Å². The number of hydrogen-bond donors (Lipinski definition) is 1. The smallest absolute Gasteiger partial charge is 0.150 e. The van der Waals surface area contributed by atoms with Crippen LogP contribution in [0.5, 0.6) is 0 Å². The lowest BCUT2D eigenvalue weighted by Crippen LogP contribution is -2.08. The fraction of sp³-hybridized carbons (Fsp3) is 0.375. The summed E-state index contributed by atoms with van der Waals surface area (Å²) in [5, 5.41) is 5.92. The van der Waals surface area contributed by atoms with Gasteiger partial charge in [-0.3, -0.25) is 0 Å². The van der Waals surface area contributed by atoms with Crippen molar-refractivity contribution in [2.75, 3.05) is 0 Å². The molecule has 2 aromatic heterocycles. The number of aromatic nitrogens is 3. The van der Waals surface area contributed by atoms with Crippen molar-refractivity contribution in [1.82, 2.24) is 14.8 Å².